The molecule has 0 saturated carbocycles. The molecule has 2 rings (SSSR count). The van der Waals surface area contributed by atoms with Gasteiger partial charge in [-0.3, -0.25) is 0 Å². The second kappa shape index (κ2) is 4.77. The van der Waals surface area contributed by atoms with Gasteiger partial charge in [0.1, 0.15) is 0 Å². The van der Waals surface area contributed by atoms with Gasteiger partial charge in [0.05, 0.1) is 0 Å². The highest BCUT2D eigenvalue weighted by atomic mass is 35.5. The maximum Gasteiger partial charge on any atom is 0.0410 e. The molecule has 2 atom stereocenters. The van der Waals surface area contributed by atoms with E-state index in [4.69, 9.17) is 11.6 Å². The molecule has 0 aliphatic carbocycles. The van der Waals surface area contributed by atoms with Crippen LogP contribution in [0.4, 0.5) is 0 Å². The number of hydrogen-bond donors (Lipinski definition) is 1. The van der Waals surface area contributed by atoms with E-state index in [1.807, 2.05) is 17.8 Å². The summed E-state index contributed by atoms with van der Waals surface area (Å²) in [6.07, 6.45) is 0. The predicted octanol–water partition coefficient (Wildman–Crippen LogP) is 3.73. The first kappa shape index (κ1) is 11.3. The fourth-order valence-electron chi connectivity index (χ4n) is 2.05. The van der Waals surface area contributed by atoms with Crippen LogP contribution in [0.5, 0.6) is 0 Å². The number of benzene rings is 1. The molecule has 1 aliphatic rings. The second-order valence-electron chi connectivity index (χ2n) is 4.01. The minimum absolute atomic E-state index is 0.463. The highest BCUT2D eigenvalue weighted by Gasteiger charge is 2.26. The van der Waals surface area contributed by atoms with E-state index < -0.39 is 0 Å². The van der Waals surface area contributed by atoms with Crippen molar-refractivity contribution in [2.75, 3.05) is 12.3 Å². The molecular weight excluding hydrogens is 226 g/mol. The molecule has 3 heteroatoms. The van der Waals surface area contributed by atoms with Crippen LogP contribution in [-0.2, 0) is 0 Å². The van der Waals surface area contributed by atoms with Gasteiger partial charge in [-0.2, -0.15) is 0 Å². The summed E-state index contributed by atoms with van der Waals surface area (Å²) in [4.78, 5) is 1.38. The van der Waals surface area contributed by atoms with E-state index in [-0.39, 0.29) is 0 Å². The third-order valence-electron chi connectivity index (χ3n) is 2.80. The SMILES string of the molecule is CCNC1c2cc(Cl)ccc2SCC1C. The Morgan fingerprint density at radius 2 is 2.33 bits per heavy atom. The smallest absolute Gasteiger partial charge is 0.0410 e. The molecule has 1 aliphatic heterocycles. The summed E-state index contributed by atoms with van der Waals surface area (Å²) < 4.78 is 0. The van der Waals surface area contributed by atoms with Crippen LogP contribution < -0.4 is 5.32 Å². The highest BCUT2D eigenvalue weighted by molar-refractivity contribution is 7.99. The normalized spacial score (nSPS) is 25.0. The molecule has 0 aromatic heterocycles. The first-order chi connectivity index (χ1) is 7.22. The third-order valence-corrected chi connectivity index (χ3v) is 4.41. The zero-order valence-corrected chi connectivity index (χ0v) is 10.7. The lowest BCUT2D eigenvalue weighted by atomic mass is 9.95. The number of fused-ring (bicyclic) bond motifs is 1. The Bertz CT molecular complexity index is 353. The van der Waals surface area contributed by atoms with Crippen LogP contribution in [0.3, 0.4) is 0 Å². The molecule has 2 unspecified atom stereocenters. The van der Waals surface area contributed by atoms with Crippen molar-refractivity contribution in [3.05, 3.63) is 28.8 Å². The highest BCUT2D eigenvalue weighted by Crippen LogP contribution is 2.40. The molecule has 0 saturated heterocycles. The molecule has 15 heavy (non-hydrogen) atoms. The van der Waals surface area contributed by atoms with Gasteiger partial charge in [-0.15, -0.1) is 11.8 Å². The molecule has 0 spiro atoms. The fourth-order valence-corrected chi connectivity index (χ4v) is 3.38. The van der Waals surface area contributed by atoms with E-state index in [0.717, 1.165) is 11.6 Å². The van der Waals surface area contributed by atoms with Gasteiger partial charge < -0.3 is 5.32 Å². The minimum Gasteiger partial charge on any atom is -0.310 e. The van der Waals surface area contributed by atoms with E-state index >= 15 is 0 Å². The van der Waals surface area contributed by atoms with Crippen LogP contribution in [0.1, 0.15) is 25.5 Å². The molecule has 1 heterocycles. The van der Waals surface area contributed by atoms with Crippen molar-refractivity contribution >= 4 is 23.4 Å². The van der Waals surface area contributed by atoms with E-state index in [2.05, 4.69) is 31.3 Å². The maximum absolute atomic E-state index is 6.05. The Kier molecular flexibility index (Phi) is 3.60. The fraction of sp³-hybridized carbons (Fsp3) is 0.500. The van der Waals surface area contributed by atoms with Crippen LogP contribution >= 0.6 is 23.4 Å². The number of thioether (sulfide) groups is 1. The van der Waals surface area contributed by atoms with Gasteiger partial charge in [0.2, 0.25) is 0 Å². The molecular formula is C12H16ClNS. The zero-order valence-electron chi connectivity index (χ0n) is 9.09. The average Bonchev–Trinajstić information content (AvgIpc) is 2.23. The Balaban J connectivity index is 2.36. The number of rotatable bonds is 2. The van der Waals surface area contributed by atoms with E-state index in [1.165, 1.54) is 16.2 Å². The lowest BCUT2D eigenvalue weighted by Gasteiger charge is -2.31. The minimum atomic E-state index is 0.463. The van der Waals surface area contributed by atoms with Crippen molar-refractivity contribution in [3.63, 3.8) is 0 Å². The summed E-state index contributed by atoms with van der Waals surface area (Å²) in [5.41, 5.74) is 1.37. The zero-order chi connectivity index (χ0) is 10.8. The van der Waals surface area contributed by atoms with Crippen LogP contribution in [0.25, 0.3) is 0 Å². The summed E-state index contributed by atoms with van der Waals surface area (Å²) in [6, 6.07) is 6.68. The van der Waals surface area contributed by atoms with Crippen LogP contribution in [0, 0.1) is 5.92 Å². The third kappa shape index (κ3) is 2.32. The number of halogens is 1. The Hall–Kier alpha value is -0.180. The van der Waals surface area contributed by atoms with Crippen molar-refractivity contribution < 1.29 is 0 Å². The molecule has 1 N–H and O–H groups in total. The lowest BCUT2D eigenvalue weighted by molar-refractivity contribution is 0.416. The summed E-state index contributed by atoms with van der Waals surface area (Å²) in [6.45, 7) is 5.45. The molecule has 82 valence electrons. The van der Waals surface area contributed by atoms with Crippen LogP contribution in [0.2, 0.25) is 5.02 Å². The van der Waals surface area contributed by atoms with Crippen LogP contribution in [0.15, 0.2) is 23.1 Å². The van der Waals surface area contributed by atoms with Crippen molar-refractivity contribution in [1.29, 1.82) is 0 Å². The monoisotopic (exact) mass is 241 g/mol. The molecule has 1 aromatic rings. The van der Waals surface area contributed by atoms with E-state index in [0.29, 0.717) is 12.0 Å². The Morgan fingerprint density at radius 3 is 3.07 bits per heavy atom. The van der Waals surface area contributed by atoms with Gasteiger partial charge in [-0.25, -0.2) is 0 Å². The molecule has 0 radical (unpaired) electrons. The summed E-state index contributed by atoms with van der Waals surface area (Å²) in [7, 11) is 0. The van der Waals surface area contributed by atoms with Crippen molar-refractivity contribution in [2.45, 2.75) is 24.8 Å². The number of nitrogens with one attached hydrogen (secondary N) is 1. The molecule has 1 aromatic carbocycles. The van der Waals surface area contributed by atoms with Crippen molar-refractivity contribution in [1.82, 2.24) is 5.32 Å². The maximum atomic E-state index is 6.05. The van der Waals surface area contributed by atoms with Crippen molar-refractivity contribution in [2.24, 2.45) is 5.92 Å². The molecule has 0 amide bonds. The van der Waals surface area contributed by atoms with Crippen molar-refractivity contribution in [3.8, 4) is 0 Å². The lowest BCUT2D eigenvalue weighted by Crippen LogP contribution is -2.30. The van der Waals surface area contributed by atoms with Crippen LogP contribution in [-0.4, -0.2) is 12.3 Å². The molecule has 0 fully saturated rings. The standard InChI is InChI=1S/C12H16ClNS/c1-3-14-12-8(2)7-15-11-5-4-9(13)6-10(11)12/h4-6,8,12,14H,3,7H2,1-2H3. The van der Waals surface area contributed by atoms with Gasteiger partial charge in [0, 0.05) is 21.7 Å². The average molecular weight is 242 g/mol. The van der Waals surface area contributed by atoms with Gasteiger partial charge >= 0.3 is 0 Å². The van der Waals surface area contributed by atoms with Gasteiger partial charge in [-0.05, 0) is 36.2 Å². The van der Waals surface area contributed by atoms with E-state index in [1.54, 1.807) is 0 Å². The summed E-state index contributed by atoms with van der Waals surface area (Å²) >= 11 is 7.99. The first-order valence-corrected chi connectivity index (χ1v) is 6.74. The van der Waals surface area contributed by atoms with E-state index in [9.17, 15) is 0 Å². The molecule has 1 nitrogen and oxygen atoms in total. The Morgan fingerprint density at radius 1 is 1.53 bits per heavy atom. The largest absolute Gasteiger partial charge is 0.310 e. The first-order valence-electron chi connectivity index (χ1n) is 5.38. The summed E-state index contributed by atoms with van der Waals surface area (Å²) in [5.74, 6) is 1.85. The van der Waals surface area contributed by atoms with Gasteiger partial charge in [0.15, 0.2) is 0 Å². The quantitative estimate of drug-likeness (QED) is 0.847. The number of hydrogen-bond acceptors (Lipinski definition) is 2. The Labute approximate surface area is 101 Å². The predicted molar refractivity (Wildman–Crippen MR) is 67.8 cm³/mol. The topological polar surface area (TPSA) is 12.0 Å². The van der Waals surface area contributed by atoms with Gasteiger partial charge in [0.25, 0.3) is 0 Å². The molecule has 0 bridgehead atoms. The van der Waals surface area contributed by atoms with Gasteiger partial charge in [-0.1, -0.05) is 25.4 Å². The summed E-state index contributed by atoms with van der Waals surface area (Å²) in [5, 5.41) is 4.38. The second-order valence-corrected chi connectivity index (χ2v) is 5.50.